The molecule has 0 aliphatic carbocycles. The van der Waals surface area contributed by atoms with E-state index in [1.54, 1.807) is 8.87 Å². The van der Waals surface area contributed by atoms with E-state index in [0.717, 1.165) is 12.8 Å². The van der Waals surface area contributed by atoms with E-state index in [4.69, 9.17) is 0 Å². The Labute approximate surface area is 103 Å². The van der Waals surface area contributed by atoms with Crippen molar-refractivity contribution in [1.29, 1.82) is 0 Å². The van der Waals surface area contributed by atoms with E-state index in [2.05, 4.69) is 13.8 Å². The first-order valence-corrected chi connectivity index (χ1v) is 12.8. The molecule has 0 aliphatic rings. The zero-order valence-corrected chi connectivity index (χ0v) is 13.5. The van der Waals surface area contributed by atoms with Crippen LogP contribution in [0.4, 0.5) is 4.39 Å². The molecule has 15 heavy (non-hydrogen) atoms. The van der Waals surface area contributed by atoms with Gasteiger partial charge in [-0.05, 0) is 0 Å². The molecular formula is C13H28FSn. The maximum absolute atomic E-state index is 11.9. The molecule has 0 saturated heterocycles. The molecule has 0 unspecified atom stereocenters. The van der Waals surface area contributed by atoms with E-state index in [-0.39, 0.29) is 6.67 Å². The molecule has 0 nitrogen and oxygen atoms in total. The average molecular weight is 322 g/mol. The van der Waals surface area contributed by atoms with Crippen molar-refractivity contribution < 1.29 is 4.39 Å². The number of hydrogen-bond acceptors (Lipinski definition) is 0. The fourth-order valence-electron chi connectivity index (χ4n) is 1.87. The van der Waals surface area contributed by atoms with Gasteiger partial charge in [0.2, 0.25) is 0 Å². The van der Waals surface area contributed by atoms with Crippen LogP contribution in [0.25, 0.3) is 0 Å². The molecule has 0 amide bonds. The summed E-state index contributed by atoms with van der Waals surface area (Å²) in [7, 11) is 0. The Hall–Kier alpha value is 0.729. The van der Waals surface area contributed by atoms with Gasteiger partial charge in [-0.25, -0.2) is 0 Å². The van der Waals surface area contributed by atoms with Gasteiger partial charge in [-0.3, -0.25) is 0 Å². The quantitative estimate of drug-likeness (QED) is 0.361. The van der Waals surface area contributed by atoms with Gasteiger partial charge in [0.25, 0.3) is 0 Å². The van der Waals surface area contributed by atoms with Crippen molar-refractivity contribution in [2.75, 3.05) is 6.67 Å². The number of halogens is 1. The van der Waals surface area contributed by atoms with Crippen molar-refractivity contribution >= 4 is 19.8 Å². The summed E-state index contributed by atoms with van der Waals surface area (Å²) in [6.07, 6.45) is 8.91. The monoisotopic (exact) mass is 323 g/mol. The summed E-state index contributed by atoms with van der Waals surface area (Å²) in [5.74, 6) is 0. The summed E-state index contributed by atoms with van der Waals surface area (Å²) in [4.78, 5) is 0. The fourth-order valence-corrected chi connectivity index (χ4v) is 11.0. The third-order valence-electron chi connectivity index (χ3n) is 2.93. The van der Waals surface area contributed by atoms with Crippen LogP contribution in [0.3, 0.4) is 0 Å². The van der Waals surface area contributed by atoms with E-state index in [1.807, 2.05) is 0 Å². The summed E-state index contributed by atoms with van der Waals surface area (Å²) in [6.45, 7) is 4.48. The number of unbranched alkanes of at least 4 members (excludes halogenated alkanes) is 4. The third-order valence-corrected chi connectivity index (χ3v) is 12.0. The second kappa shape index (κ2) is 12.8. The van der Waals surface area contributed by atoms with Crippen LogP contribution in [0.15, 0.2) is 0 Å². The molecule has 0 spiro atoms. The standard InChI is InChI=1S/C5H10F.2C4H9.Sn/c1-2-3-4-5-6;2*1-3-4-2;/h1-5H2;2*1,3-4H2,2H3;. The van der Waals surface area contributed by atoms with Crippen LogP contribution in [0.5, 0.6) is 0 Å². The Morgan fingerprint density at radius 2 is 1.27 bits per heavy atom. The predicted octanol–water partition coefficient (Wildman–Crippen LogP) is 5.22. The van der Waals surface area contributed by atoms with Gasteiger partial charge in [0.05, 0.1) is 0 Å². The van der Waals surface area contributed by atoms with Crippen LogP contribution in [-0.2, 0) is 0 Å². The second-order valence-electron chi connectivity index (χ2n) is 4.46. The Morgan fingerprint density at radius 3 is 1.73 bits per heavy atom. The van der Waals surface area contributed by atoms with Gasteiger partial charge in [0.1, 0.15) is 0 Å². The molecule has 0 atom stereocenters. The van der Waals surface area contributed by atoms with E-state index in [0.29, 0.717) is 0 Å². The first-order valence-electron chi connectivity index (χ1n) is 6.74. The van der Waals surface area contributed by atoms with Gasteiger partial charge >= 0.3 is 103 Å². The van der Waals surface area contributed by atoms with Crippen molar-refractivity contribution in [3.05, 3.63) is 0 Å². The molecule has 0 N–H and O–H groups in total. The Morgan fingerprint density at radius 1 is 0.733 bits per heavy atom. The van der Waals surface area contributed by atoms with Crippen LogP contribution < -0.4 is 0 Å². The SMILES string of the molecule is CCC[CH2][Sn]([CH2]CCC)[CH2]CCCCF. The zero-order valence-electron chi connectivity index (χ0n) is 10.7. The zero-order chi connectivity index (χ0) is 11.4. The van der Waals surface area contributed by atoms with Crippen LogP contribution in [0.1, 0.15) is 58.8 Å². The first kappa shape index (κ1) is 15.7. The third kappa shape index (κ3) is 11.0. The molecule has 0 fully saturated rings. The minimum absolute atomic E-state index is 0.109. The van der Waals surface area contributed by atoms with Crippen molar-refractivity contribution in [1.82, 2.24) is 0 Å². The Kier molecular flexibility index (Phi) is 13.4. The van der Waals surface area contributed by atoms with Crippen molar-refractivity contribution in [3.63, 3.8) is 0 Å². The van der Waals surface area contributed by atoms with Gasteiger partial charge < -0.3 is 0 Å². The summed E-state index contributed by atoms with van der Waals surface area (Å²) >= 11 is -0.998. The van der Waals surface area contributed by atoms with Gasteiger partial charge in [-0.15, -0.1) is 0 Å². The summed E-state index contributed by atoms with van der Waals surface area (Å²) in [5, 5.41) is 0. The van der Waals surface area contributed by atoms with Crippen LogP contribution >= 0.6 is 0 Å². The first-order chi connectivity index (χ1) is 7.35. The molecular weight excluding hydrogens is 294 g/mol. The van der Waals surface area contributed by atoms with Gasteiger partial charge in [-0.2, -0.15) is 0 Å². The molecule has 0 saturated carbocycles. The molecule has 0 aliphatic heterocycles. The van der Waals surface area contributed by atoms with E-state index in [9.17, 15) is 4.39 Å². The number of alkyl halides is 1. The van der Waals surface area contributed by atoms with Crippen LogP contribution in [0.2, 0.25) is 13.3 Å². The van der Waals surface area contributed by atoms with Crippen molar-refractivity contribution in [2.45, 2.75) is 72.1 Å². The van der Waals surface area contributed by atoms with Gasteiger partial charge in [-0.1, -0.05) is 0 Å². The van der Waals surface area contributed by atoms with Crippen LogP contribution in [-0.4, -0.2) is 26.4 Å². The van der Waals surface area contributed by atoms with Crippen LogP contribution in [0, 0.1) is 0 Å². The van der Waals surface area contributed by atoms with Crippen molar-refractivity contribution in [3.8, 4) is 0 Å². The molecule has 91 valence electrons. The Balaban J connectivity index is 3.49. The molecule has 2 heteroatoms. The number of hydrogen-bond donors (Lipinski definition) is 0. The predicted molar refractivity (Wildman–Crippen MR) is 69.8 cm³/mol. The van der Waals surface area contributed by atoms with E-state index >= 15 is 0 Å². The number of rotatable bonds is 11. The average Bonchev–Trinajstić information content (AvgIpc) is 2.27. The summed E-state index contributed by atoms with van der Waals surface area (Å²) in [6, 6.07) is 0. The van der Waals surface area contributed by atoms with E-state index < -0.39 is 19.8 Å². The molecule has 0 rings (SSSR count). The Bertz CT molecular complexity index is 109. The topological polar surface area (TPSA) is 0 Å². The summed E-state index contributed by atoms with van der Waals surface area (Å²) in [5.41, 5.74) is 0. The molecule has 0 heterocycles. The molecule has 0 aromatic heterocycles. The molecule has 0 aromatic carbocycles. The van der Waals surface area contributed by atoms with Gasteiger partial charge in [0, 0.05) is 0 Å². The fraction of sp³-hybridized carbons (Fsp3) is 1.00. The second-order valence-corrected chi connectivity index (χ2v) is 13.0. The minimum atomic E-state index is -0.998. The van der Waals surface area contributed by atoms with Crippen molar-refractivity contribution in [2.24, 2.45) is 0 Å². The van der Waals surface area contributed by atoms with Gasteiger partial charge in [0.15, 0.2) is 0 Å². The molecule has 0 bridgehead atoms. The molecule has 1 radical (unpaired) electrons. The summed E-state index contributed by atoms with van der Waals surface area (Å²) < 4.78 is 16.7. The molecule has 0 aromatic rings. The maximum atomic E-state index is 11.9. The normalized spacial score (nSPS) is 11.2. The van der Waals surface area contributed by atoms with E-state index in [1.165, 1.54) is 36.5 Å².